The molecule has 1 rings (SSSR count). The van der Waals surface area contributed by atoms with E-state index in [1.54, 1.807) is 11.8 Å². The zero-order valence-corrected chi connectivity index (χ0v) is 10.8. The lowest BCUT2D eigenvalue weighted by molar-refractivity contribution is 0.200. The van der Waals surface area contributed by atoms with Crippen molar-refractivity contribution in [2.45, 2.75) is 25.9 Å². The highest BCUT2D eigenvalue weighted by atomic mass is 35.5. The van der Waals surface area contributed by atoms with E-state index in [9.17, 15) is 9.50 Å². The van der Waals surface area contributed by atoms with Gasteiger partial charge in [-0.1, -0.05) is 18.5 Å². The molecular weight excluding hydrogens is 247 g/mol. The van der Waals surface area contributed by atoms with E-state index >= 15 is 0 Å². The van der Waals surface area contributed by atoms with E-state index < -0.39 is 6.10 Å². The zero-order chi connectivity index (χ0) is 12.0. The summed E-state index contributed by atoms with van der Waals surface area (Å²) >= 11 is 7.62. The van der Waals surface area contributed by atoms with E-state index in [1.165, 1.54) is 18.2 Å². The van der Waals surface area contributed by atoms with Crippen LogP contribution in [-0.4, -0.2) is 22.7 Å². The highest BCUT2D eigenvalue weighted by Gasteiger charge is 2.09. The third kappa shape index (κ3) is 4.73. The minimum atomic E-state index is -0.462. The summed E-state index contributed by atoms with van der Waals surface area (Å²) in [6.07, 6.45) is 1.04. The summed E-state index contributed by atoms with van der Waals surface area (Å²) in [5.41, 5.74) is 0.672. The number of rotatable bonds is 6. The Morgan fingerprint density at radius 3 is 2.94 bits per heavy atom. The summed E-state index contributed by atoms with van der Waals surface area (Å²) in [4.78, 5) is 0. The van der Waals surface area contributed by atoms with Gasteiger partial charge in [0.25, 0.3) is 0 Å². The predicted octanol–water partition coefficient (Wildman–Crippen LogP) is 3.53. The zero-order valence-electron chi connectivity index (χ0n) is 9.25. The van der Waals surface area contributed by atoms with Crippen LogP contribution in [0.15, 0.2) is 18.2 Å². The fraction of sp³-hybridized carbons (Fsp3) is 0.500. The predicted molar refractivity (Wildman–Crippen MR) is 68.7 cm³/mol. The molecule has 0 aliphatic heterocycles. The van der Waals surface area contributed by atoms with Crippen LogP contribution in [0.3, 0.4) is 0 Å². The van der Waals surface area contributed by atoms with Crippen LogP contribution in [-0.2, 0) is 6.42 Å². The quantitative estimate of drug-likeness (QED) is 0.792. The maximum absolute atomic E-state index is 13.0. The van der Waals surface area contributed by atoms with Crippen molar-refractivity contribution in [3.63, 3.8) is 0 Å². The molecule has 0 bridgehead atoms. The molecule has 1 nitrogen and oxygen atoms in total. The summed E-state index contributed by atoms with van der Waals surface area (Å²) in [6.45, 7) is 2.10. The Balaban J connectivity index is 2.48. The Kier molecular flexibility index (Phi) is 6.17. The number of hydrogen-bond donors (Lipinski definition) is 1. The monoisotopic (exact) mass is 262 g/mol. The molecule has 0 saturated carbocycles. The summed E-state index contributed by atoms with van der Waals surface area (Å²) < 4.78 is 13.0. The first kappa shape index (κ1) is 13.8. The van der Waals surface area contributed by atoms with E-state index in [2.05, 4.69) is 6.92 Å². The fourth-order valence-corrected chi connectivity index (χ4v) is 2.42. The van der Waals surface area contributed by atoms with Gasteiger partial charge < -0.3 is 5.11 Å². The van der Waals surface area contributed by atoms with Crippen molar-refractivity contribution >= 4 is 23.4 Å². The lowest BCUT2D eigenvalue weighted by Crippen LogP contribution is -2.14. The molecule has 1 atom stereocenters. The average molecular weight is 263 g/mol. The van der Waals surface area contributed by atoms with E-state index in [-0.39, 0.29) is 5.82 Å². The number of aliphatic hydroxyl groups is 1. The maximum atomic E-state index is 13.0. The number of aliphatic hydroxyl groups excluding tert-OH is 1. The second-order valence-electron chi connectivity index (χ2n) is 3.67. The molecule has 4 heteroatoms. The van der Waals surface area contributed by atoms with Crippen LogP contribution in [0, 0.1) is 5.82 Å². The lowest BCUT2D eigenvalue weighted by Gasteiger charge is -2.11. The van der Waals surface area contributed by atoms with Gasteiger partial charge in [0.2, 0.25) is 0 Å². The molecule has 0 spiro atoms. The number of halogens is 2. The van der Waals surface area contributed by atoms with Gasteiger partial charge in [-0.2, -0.15) is 11.8 Å². The molecule has 16 heavy (non-hydrogen) atoms. The van der Waals surface area contributed by atoms with Crippen molar-refractivity contribution in [1.82, 2.24) is 0 Å². The summed E-state index contributed by atoms with van der Waals surface area (Å²) in [5.74, 6) is 1.39. The van der Waals surface area contributed by atoms with Gasteiger partial charge in [0.15, 0.2) is 0 Å². The van der Waals surface area contributed by atoms with Crippen LogP contribution >= 0.6 is 23.4 Å². The summed E-state index contributed by atoms with van der Waals surface area (Å²) in [6, 6.07) is 4.23. The Labute approximate surface area is 105 Å². The topological polar surface area (TPSA) is 20.2 Å². The Hall–Kier alpha value is -0.250. The van der Waals surface area contributed by atoms with Crippen LogP contribution in [0.5, 0.6) is 0 Å². The standard InChI is InChI=1S/C12H16ClFOS/c1-2-5-16-8-11(15)7-9-6-10(14)3-4-12(9)13/h3-4,6,11,15H,2,5,7-8H2,1H3. The van der Waals surface area contributed by atoms with Crippen LogP contribution < -0.4 is 0 Å². The van der Waals surface area contributed by atoms with Crippen molar-refractivity contribution < 1.29 is 9.50 Å². The minimum absolute atomic E-state index is 0.312. The number of hydrogen-bond acceptors (Lipinski definition) is 2. The van der Waals surface area contributed by atoms with E-state index in [0.29, 0.717) is 22.8 Å². The highest BCUT2D eigenvalue weighted by molar-refractivity contribution is 7.99. The first-order chi connectivity index (χ1) is 7.63. The Morgan fingerprint density at radius 1 is 1.50 bits per heavy atom. The molecule has 0 saturated heterocycles. The third-order valence-corrected chi connectivity index (χ3v) is 3.81. The van der Waals surface area contributed by atoms with Crippen LogP contribution in [0.1, 0.15) is 18.9 Å². The van der Waals surface area contributed by atoms with E-state index in [4.69, 9.17) is 11.6 Å². The lowest BCUT2D eigenvalue weighted by atomic mass is 10.1. The molecule has 1 unspecified atom stereocenters. The van der Waals surface area contributed by atoms with Crippen molar-refractivity contribution in [3.05, 3.63) is 34.6 Å². The summed E-state index contributed by atoms with van der Waals surface area (Å²) in [7, 11) is 0. The molecule has 0 amide bonds. The molecule has 0 fully saturated rings. The molecule has 1 aromatic carbocycles. The van der Waals surface area contributed by atoms with Gasteiger partial charge in [0.05, 0.1) is 6.10 Å². The van der Waals surface area contributed by atoms with Gasteiger partial charge in [-0.15, -0.1) is 0 Å². The largest absolute Gasteiger partial charge is 0.392 e. The van der Waals surface area contributed by atoms with Gasteiger partial charge in [0.1, 0.15) is 5.82 Å². The van der Waals surface area contributed by atoms with Crippen LogP contribution in [0.2, 0.25) is 5.02 Å². The fourth-order valence-electron chi connectivity index (χ4n) is 1.38. The molecule has 1 N–H and O–H groups in total. The van der Waals surface area contributed by atoms with Crippen molar-refractivity contribution in [2.75, 3.05) is 11.5 Å². The SMILES string of the molecule is CCCSCC(O)Cc1cc(F)ccc1Cl. The second kappa shape index (κ2) is 7.15. The molecular formula is C12H16ClFOS. The van der Waals surface area contributed by atoms with Gasteiger partial charge in [-0.05, 0) is 35.9 Å². The normalized spacial score (nSPS) is 12.8. The van der Waals surface area contributed by atoms with Crippen molar-refractivity contribution in [2.24, 2.45) is 0 Å². The van der Waals surface area contributed by atoms with Gasteiger partial charge in [0, 0.05) is 17.2 Å². The Bertz CT molecular complexity index is 333. The van der Waals surface area contributed by atoms with E-state index in [1.807, 2.05) is 0 Å². The smallest absolute Gasteiger partial charge is 0.123 e. The van der Waals surface area contributed by atoms with Gasteiger partial charge in [-0.25, -0.2) is 4.39 Å². The first-order valence-electron chi connectivity index (χ1n) is 5.33. The van der Waals surface area contributed by atoms with Gasteiger partial charge in [-0.3, -0.25) is 0 Å². The van der Waals surface area contributed by atoms with Crippen molar-refractivity contribution in [3.8, 4) is 0 Å². The first-order valence-corrected chi connectivity index (χ1v) is 6.86. The Morgan fingerprint density at radius 2 is 2.25 bits per heavy atom. The summed E-state index contributed by atoms with van der Waals surface area (Å²) in [5, 5.41) is 10.3. The van der Waals surface area contributed by atoms with Crippen molar-refractivity contribution in [1.29, 1.82) is 0 Å². The molecule has 0 aliphatic rings. The van der Waals surface area contributed by atoms with E-state index in [0.717, 1.165) is 12.2 Å². The van der Waals surface area contributed by atoms with Gasteiger partial charge >= 0.3 is 0 Å². The molecule has 0 radical (unpaired) electrons. The molecule has 0 heterocycles. The molecule has 0 aliphatic carbocycles. The van der Waals surface area contributed by atoms with Crippen LogP contribution in [0.4, 0.5) is 4.39 Å². The highest BCUT2D eigenvalue weighted by Crippen LogP contribution is 2.19. The molecule has 0 aromatic heterocycles. The number of thioether (sulfide) groups is 1. The molecule has 90 valence electrons. The second-order valence-corrected chi connectivity index (χ2v) is 5.23. The maximum Gasteiger partial charge on any atom is 0.123 e. The average Bonchev–Trinajstić information content (AvgIpc) is 2.24. The van der Waals surface area contributed by atoms with Crippen LogP contribution in [0.25, 0.3) is 0 Å². The number of benzene rings is 1. The molecule has 1 aromatic rings. The minimum Gasteiger partial charge on any atom is -0.392 e. The third-order valence-electron chi connectivity index (χ3n) is 2.12.